The molecule has 0 saturated carbocycles. The lowest BCUT2D eigenvalue weighted by atomic mass is 10.1. The molecule has 17 heavy (non-hydrogen) atoms. The van der Waals surface area contributed by atoms with E-state index in [9.17, 15) is 8.42 Å². The fourth-order valence-electron chi connectivity index (χ4n) is 1.30. The smallest absolute Gasteiger partial charge is 0.226 e. The number of benzene rings is 1. The van der Waals surface area contributed by atoms with E-state index in [-0.39, 0.29) is 5.16 Å². The quantitative estimate of drug-likeness (QED) is 0.784. The van der Waals surface area contributed by atoms with Gasteiger partial charge in [-0.25, -0.2) is 18.4 Å². The number of hydrogen-bond acceptors (Lipinski definition) is 4. The maximum Gasteiger partial charge on any atom is 0.246 e. The summed E-state index contributed by atoms with van der Waals surface area (Å²) in [5, 5.41) is 0.470. The maximum absolute atomic E-state index is 11.2. The summed E-state index contributed by atoms with van der Waals surface area (Å²) in [4.78, 5) is 7.63. The third kappa shape index (κ3) is 2.81. The molecule has 0 atom stereocenters. The molecule has 4 nitrogen and oxygen atoms in total. The highest BCUT2D eigenvalue weighted by Crippen LogP contribution is 2.20. The molecule has 2 rings (SSSR count). The molecule has 0 unspecified atom stereocenters. The Kier molecular flexibility index (Phi) is 3.13. The zero-order chi connectivity index (χ0) is 12.5. The molecule has 1 aromatic carbocycles. The molecular formula is C11H9ClN2O2S. The van der Waals surface area contributed by atoms with Crippen LogP contribution in [0.25, 0.3) is 11.1 Å². The molecule has 0 aliphatic heterocycles. The van der Waals surface area contributed by atoms with E-state index < -0.39 is 9.84 Å². The van der Waals surface area contributed by atoms with Crippen molar-refractivity contribution in [1.82, 2.24) is 9.97 Å². The number of aromatic nitrogens is 2. The summed E-state index contributed by atoms with van der Waals surface area (Å²) in [6.45, 7) is 0. The van der Waals surface area contributed by atoms with Crippen LogP contribution in [-0.4, -0.2) is 24.6 Å². The van der Waals surface area contributed by atoms with Gasteiger partial charge in [-0.2, -0.15) is 0 Å². The fraction of sp³-hybridized carbons (Fsp3) is 0.0909. The van der Waals surface area contributed by atoms with Crippen molar-refractivity contribution >= 4 is 21.4 Å². The second kappa shape index (κ2) is 4.43. The zero-order valence-corrected chi connectivity index (χ0v) is 10.5. The van der Waals surface area contributed by atoms with E-state index in [0.717, 1.165) is 17.4 Å². The van der Waals surface area contributed by atoms with E-state index in [1.54, 1.807) is 12.1 Å². The predicted octanol–water partition coefficient (Wildman–Crippen LogP) is 2.20. The van der Waals surface area contributed by atoms with Crippen molar-refractivity contribution in [3.05, 3.63) is 41.7 Å². The lowest BCUT2D eigenvalue weighted by Gasteiger charge is -2.01. The minimum atomic E-state index is -3.35. The molecule has 6 heteroatoms. The van der Waals surface area contributed by atoms with E-state index in [1.165, 1.54) is 12.4 Å². The van der Waals surface area contributed by atoms with Gasteiger partial charge in [-0.3, -0.25) is 0 Å². The summed E-state index contributed by atoms with van der Waals surface area (Å²) in [6, 6.07) is 7.14. The molecule has 2 aromatic rings. The van der Waals surface area contributed by atoms with Crippen LogP contribution >= 0.6 is 11.6 Å². The Hall–Kier alpha value is -1.46. The van der Waals surface area contributed by atoms with E-state index in [1.807, 2.05) is 12.1 Å². The van der Waals surface area contributed by atoms with E-state index >= 15 is 0 Å². The van der Waals surface area contributed by atoms with Crippen molar-refractivity contribution < 1.29 is 8.42 Å². The van der Waals surface area contributed by atoms with E-state index in [4.69, 9.17) is 11.6 Å². The van der Waals surface area contributed by atoms with Crippen molar-refractivity contribution in [3.8, 4) is 11.1 Å². The van der Waals surface area contributed by atoms with Gasteiger partial charge in [0.1, 0.15) is 0 Å². The standard InChI is InChI=1S/C11H9ClN2O2S/c1-17(15,16)11-13-6-9(7-14-11)8-2-4-10(12)5-3-8/h2-7H,1H3. The first-order chi connectivity index (χ1) is 7.97. The molecule has 0 N–H and O–H groups in total. The zero-order valence-electron chi connectivity index (χ0n) is 8.96. The minimum absolute atomic E-state index is 0.171. The highest BCUT2D eigenvalue weighted by atomic mass is 35.5. The lowest BCUT2D eigenvalue weighted by molar-refractivity contribution is 0.593. The molecule has 0 aliphatic carbocycles. The van der Waals surface area contributed by atoms with Crippen LogP contribution in [0.4, 0.5) is 0 Å². The summed E-state index contributed by atoms with van der Waals surface area (Å²) >= 11 is 5.77. The molecule has 0 amide bonds. The molecular weight excluding hydrogens is 260 g/mol. The van der Waals surface area contributed by atoms with Crippen molar-refractivity contribution in [2.24, 2.45) is 0 Å². The summed E-state index contributed by atoms with van der Waals surface area (Å²) in [5.74, 6) is 0. The van der Waals surface area contributed by atoms with Gasteiger partial charge in [0.05, 0.1) is 0 Å². The third-order valence-electron chi connectivity index (χ3n) is 2.14. The molecule has 1 aromatic heterocycles. The normalized spacial score (nSPS) is 11.4. The van der Waals surface area contributed by atoms with Crippen LogP contribution in [0.3, 0.4) is 0 Å². The lowest BCUT2D eigenvalue weighted by Crippen LogP contribution is -2.03. The van der Waals surface area contributed by atoms with Gasteiger partial charge < -0.3 is 0 Å². The Balaban J connectivity index is 2.39. The molecule has 0 bridgehead atoms. The van der Waals surface area contributed by atoms with Gasteiger partial charge in [0, 0.05) is 29.2 Å². The Morgan fingerprint density at radius 1 is 1.00 bits per heavy atom. The summed E-state index contributed by atoms with van der Waals surface area (Å²) in [7, 11) is -3.35. The molecule has 1 heterocycles. The summed E-state index contributed by atoms with van der Waals surface area (Å²) in [6.07, 6.45) is 4.03. The second-order valence-electron chi connectivity index (χ2n) is 3.53. The Morgan fingerprint density at radius 2 is 1.53 bits per heavy atom. The second-order valence-corrected chi connectivity index (χ2v) is 5.88. The maximum atomic E-state index is 11.2. The SMILES string of the molecule is CS(=O)(=O)c1ncc(-c2ccc(Cl)cc2)cn1. The van der Waals surface area contributed by atoms with Gasteiger partial charge in [-0.15, -0.1) is 0 Å². The molecule has 0 fully saturated rings. The highest BCUT2D eigenvalue weighted by Gasteiger charge is 2.10. The summed E-state index contributed by atoms with van der Waals surface area (Å²) in [5.41, 5.74) is 1.63. The van der Waals surface area contributed by atoms with Gasteiger partial charge in [-0.05, 0) is 17.7 Å². The average molecular weight is 269 g/mol. The number of halogens is 1. The minimum Gasteiger partial charge on any atom is -0.226 e. The molecule has 0 radical (unpaired) electrons. The predicted molar refractivity (Wildman–Crippen MR) is 65.6 cm³/mol. The van der Waals surface area contributed by atoms with Crippen molar-refractivity contribution in [1.29, 1.82) is 0 Å². The number of sulfone groups is 1. The first kappa shape index (κ1) is 12.0. The monoisotopic (exact) mass is 268 g/mol. The van der Waals surface area contributed by atoms with Crippen molar-refractivity contribution in [2.45, 2.75) is 5.16 Å². The number of hydrogen-bond donors (Lipinski definition) is 0. The van der Waals surface area contributed by atoms with Gasteiger partial charge >= 0.3 is 0 Å². The topological polar surface area (TPSA) is 59.9 Å². The van der Waals surface area contributed by atoms with E-state index in [0.29, 0.717) is 5.02 Å². The van der Waals surface area contributed by atoms with Gasteiger partial charge in [0.25, 0.3) is 0 Å². The average Bonchev–Trinajstić information content (AvgIpc) is 2.29. The summed E-state index contributed by atoms with van der Waals surface area (Å²) < 4.78 is 22.4. The Bertz CT molecular complexity index is 622. The van der Waals surface area contributed by atoms with Crippen molar-refractivity contribution in [3.63, 3.8) is 0 Å². The van der Waals surface area contributed by atoms with Gasteiger partial charge in [0.15, 0.2) is 0 Å². The van der Waals surface area contributed by atoms with Gasteiger partial charge in [-0.1, -0.05) is 23.7 Å². The van der Waals surface area contributed by atoms with Crippen LogP contribution in [0.15, 0.2) is 41.8 Å². The van der Waals surface area contributed by atoms with Crippen LogP contribution in [0, 0.1) is 0 Å². The first-order valence-corrected chi connectivity index (χ1v) is 7.02. The number of rotatable bonds is 2. The largest absolute Gasteiger partial charge is 0.246 e. The molecule has 0 saturated heterocycles. The van der Waals surface area contributed by atoms with E-state index in [2.05, 4.69) is 9.97 Å². The van der Waals surface area contributed by atoms with Crippen molar-refractivity contribution in [2.75, 3.05) is 6.26 Å². The highest BCUT2D eigenvalue weighted by molar-refractivity contribution is 7.90. The number of nitrogens with zero attached hydrogens (tertiary/aromatic N) is 2. The molecule has 88 valence electrons. The van der Waals surface area contributed by atoms with Crippen LogP contribution in [0.5, 0.6) is 0 Å². The first-order valence-electron chi connectivity index (χ1n) is 4.75. The van der Waals surface area contributed by atoms with Crippen LogP contribution in [0.2, 0.25) is 5.02 Å². The van der Waals surface area contributed by atoms with Gasteiger partial charge in [0.2, 0.25) is 15.0 Å². The molecule has 0 aliphatic rings. The Labute approximate surface area is 104 Å². The fourth-order valence-corrected chi connectivity index (χ4v) is 1.91. The third-order valence-corrected chi connectivity index (χ3v) is 3.26. The van der Waals surface area contributed by atoms with Crippen LogP contribution in [0.1, 0.15) is 0 Å². The van der Waals surface area contributed by atoms with Crippen LogP contribution < -0.4 is 0 Å². The Morgan fingerprint density at radius 3 is 2.00 bits per heavy atom. The van der Waals surface area contributed by atoms with Crippen LogP contribution in [-0.2, 0) is 9.84 Å². The molecule has 0 spiro atoms.